The molecule has 0 radical (unpaired) electrons. The summed E-state index contributed by atoms with van der Waals surface area (Å²) in [5, 5.41) is 14.1. The van der Waals surface area contributed by atoms with Gasteiger partial charge in [-0.3, -0.25) is 0 Å². The van der Waals surface area contributed by atoms with E-state index in [4.69, 9.17) is 10.2 Å². The Hall–Kier alpha value is -1.40. The van der Waals surface area contributed by atoms with Crippen LogP contribution in [0.3, 0.4) is 0 Å². The van der Waals surface area contributed by atoms with Crippen molar-refractivity contribution in [2.45, 2.75) is 21.8 Å². The zero-order valence-corrected chi connectivity index (χ0v) is 9.89. The maximum absolute atomic E-state index is 7.56. The SMILES string of the molecule is C.C.Cc1ccccc1.NC(O)=S.NC(O)=S. The van der Waals surface area contributed by atoms with Crippen molar-refractivity contribution in [3.8, 4) is 0 Å². The van der Waals surface area contributed by atoms with Crippen molar-refractivity contribution >= 4 is 34.8 Å². The number of nitrogens with two attached hydrogens (primary N) is 2. The van der Waals surface area contributed by atoms with Crippen molar-refractivity contribution in [3.05, 3.63) is 35.9 Å². The van der Waals surface area contributed by atoms with E-state index in [1.807, 2.05) is 18.2 Å². The van der Waals surface area contributed by atoms with Gasteiger partial charge in [0.15, 0.2) is 0 Å². The minimum absolute atomic E-state index is 0. The van der Waals surface area contributed by atoms with Gasteiger partial charge in [-0.1, -0.05) is 50.7 Å². The molecule has 0 aliphatic carbocycles. The van der Waals surface area contributed by atoms with Crippen molar-refractivity contribution < 1.29 is 10.2 Å². The molecule has 0 amide bonds. The molecular weight excluding hydrogens is 256 g/mol. The van der Waals surface area contributed by atoms with E-state index >= 15 is 0 Å². The summed E-state index contributed by atoms with van der Waals surface area (Å²) in [7, 11) is 0. The van der Waals surface area contributed by atoms with Gasteiger partial charge in [-0.15, -0.1) is 0 Å². The molecule has 0 aliphatic heterocycles. The lowest BCUT2D eigenvalue weighted by atomic mass is 10.2. The fourth-order valence-electron chi connectivity index (χ4n) is 0.534. The van der Waals surface area contributed by atoms with Gasteiger partial charge < -0.3 is 21.7 Å². The van der Waals surface area contributed by atoms with Crippen molar-refractivity contribution in [2.75, 3.05) is 0 Å². The molecule has 4 nitrogen and oxygen atoms in total. The molecule has 1 aromatic carbocycles. The van der Waals surface area contributed by atoms with Crippen LogP contribution in [0.4, 0.5) is 0 Å². The first-order valence-electron chi connectivity index (χ1n) is 3.84. The number of benzene rings is 1. The summed E-state index contributed by atoms with van der Waals surface area (Å²) in [5.41, 5.74) is 10.1. The second-order valence-electron chi connectivity index (χ2n) is 2.33. The van der Waals surface area contributed by atoms with Gasteiger partial charge in [-0.05, 0) is 31.4 Å². The van der Waals surface area contributed by atoms with Crippen LogP contribution in [0, 0.1) is 6.92 Å². The quantitative estimate of drug-likeness (QED) is 0.545. The minimum atomic E-state index is -0.500. The average Bonchev–Trinajstić information content (AvgIpc) is 2.03. The summed E-state index contributed by atoms with van der Waals surface area (Å²) >= 11 is 7.74. The first-order chi connectivity index (χ1) is 6.86. The van der Waals surface area contributed by atoms with Gasteiger partial charge in [0.25, 0.3) is 10.3 Å². The molecule has 6 heteroatoms. The molecule has 17 heavy (non-hydrogen) atoms. The fourth-order valence-corrected chi connectivity index (χ4v) is 0.534. The molecule has 0 unspecified atom stereocenters. The number of thiocarbonyl (C=S) groups is 2. The molecular formula is C11H22N2O2S2. The summed E-state index contributed by atoms with van der Waals surface area (Å²) in [5.74, 6) is 0. The molecule has 0 aromatic heterocycles. The molecule has 0 aliphatic rings. The highest BCUT2D eigenvalue weighted by atomic mass is 32.1. The number of hydrogen-bond acceptors (Lipinski definition) is 2. The molecule has 0 saturated carbocycles. The standard InChI is InChI=1S/C7H8.2CH3NOS.2CH4/c1-7-5-3-2-4-6-7;2*2-1(3)4;;/h2-6H,1H3;2*(H3,2,3,4);2*1H4. The maximum Gasteiger partial charge on any atom is 0.251 e. The van der Waals surface area contributed by atoms with Crippen LogP contribution in [0.5, 0.6) is 0 Å². The second-order valence-corrected chi connectivity index (χ2v) is 3.17. The highest BCUT2D eigenvalue weighted by Crippen LogP contribution is 1.92. The van der Waals surface area contributed by atoms with Crippen molar-refractivity contribution in [1.82, 2.24) is 0 Å². The van der Waals surface area contributed by atoms with Crippen LogP contribution in [0.1, 0.15) is 20.4 Å². The first kappa shape index (κ1) is 24.7. The molecule has 0 heterocycles. The number of rotatable bonds is 0. The topological polar surface area (TPSA) is 92.5 Å². The fraction of sp³-hybridized carbons (Fsp3) is 0.273. The number of aryl methyl sites for hydroxylation is 1. The molecule has 0 atom stereocenters. The summed E-state index contributed by atoms with van der Waals surface area (Å²) in [6.45, 7) is 2.08. The lowest BCUT2D eigenvalue weighted by Gasteiger charge is -1.82. The van der Waals surface area contributed by atoms with Gasteiger partial charge in [0.1, 0.15) is 0 Å². The van der Waals surface area contributed by atoms with E-state index in [1.165, 1.54) is 5.56 Å². The maximum atomic E-state index is 7.56. The van der Waals surface area contributed by atoms with Crippen LogP contribution in [-0.2, 0) is 0 Å². The van der Waals surface area contributed by atoms with E-state index < -0.39 is 10.3 Å². The van der Waals surface area contributed by atoms with Gasteiger partial charge >= 0.3 is 0 Å². The van der Waals surface area contributed by atoms with E-state index in [0.717, 1.165) is 0 Å². The largest absolute Gasteiger partial charge is 0.487 e. The minimum Gasteiger partial charge on any atom is -0.487 e. The van der Waals surface area contributed by atoms with Crippen LogP contribution < -0.4 is 11.5 Å². The third-order valence-corrected chi connectivity index (χ3v) is 0.940. The Bertz CT molecular complexity index is 273. The first-order valence-corrected chi connectivity index (χ1v) is 4.66. The highest BCUT2D eigenvalue weighted by Gasteiger charge is 1.72. The highest BCUT2D eigenvalue weighted by molar-refractivity contribution is 7.80. The molecule has 6 N–H and O–H groups in total. The smallest absolute Gasteiger partial charge is 0.251 e. The lowest BCUT2D eigenvalue weighted by molar-refractivity contribution is 0.559. The van der Waals surface area contributed by atoms with Crippen LogP contribution in [0.25, 0.3) is 0 Å². The summed E-state index contributed by atoms with van der Waals surface area (Å²) in [6, 6.07) is 10.3. The van der Waals surface area contributed by atoms with Crippen molar-refractivity contribution in [3.63, 3.8) is 0 Å². The van der Waals surface area contributed by atoms with Gasteiger partial charge in [0.05, 0.1) is 0 Å². The Labute approximate surface area is 114 Å². The van der Waals surface area contributed by atoms with E-state index in [1.54, 1.807) is 0 Å². The van der Waals surface area contributed by atoms with Crippen molar-refractivity contribution in [2.24, 2.45) is 11.5 Å². The van der Waals surface area contributed by atoms with Gasteiger partial charge in [-0.2, -0.15) is 0 Å². The molecule has 0 saturated heterocycles. The lowest BCUT2D eigenvalue weighted by Crippen LogP contribution is -2.03. The Kier molecular flexibility index (Phi) is 24.7. The third kappa shape index (κ3) is 53.2. The van der Waals surface area contributed by atoms with Gasteiger partial charge in [0, 0.05) is 0 Å². The predicted octanol–water partition coefficient (Wildman–Crippen LogP) is 2.84. The monoisotopic (exact) mass is 278 g/mol. The average molecular weight is 278 g/mol. The van der Waals surface area contributed by atoms with Crippen LogP contribution in [-0.4, -0.2) is 20.6 Å². The number of hydrogen-bond donors (Lipinski definition) is 4. The normalized spacial score (nSPS) is 6.41. The van der Waals surface area contributed by atoms with Crippen LogP contribution in [0.2, 0.25) is 0 Å². The zero-order chi connectivity index (χ0) is 12.3. The van der Waals surface area contributed by atoms with Gasteiger partial charge in [0.2, 0.25) is 0 Å². The molecule has 0 fully saturated rings. The Balaban J connectivity index is -0.0000000755. The van der Waals surface area contributed by atoms with Crippen molar-refractivity contribution in [1.29, 1.82) is 0 Å². The number of aliphatic hydroxyl groups is 2. The Morgan fingerprint density at radius 3 is 1.29 bits per heavy atom. The molecule has 1 aromatic rings. The molecule has 0 spiro atoms. The van der Waals surface area contributed by atoms with Gasteiger partial charge in [-0.25, -0.2) is 0 Å². The van der Waals surface area contributed by atoms with E-state index in [9.17, 15) is 0 Å². The van der Waals surface area contributed by atoms with Crippen LogP contribution in [0.15, 0.2) is 30.3 Å². The van der Waals surface area contributed by atoms with E-state index in [2.05, 4.69) is 55.0 Å². The third-order valence-electron chi connectivity index (χ3n) is 0.940. The Morgan fingerprint density at radius 1 is 0.941 bits per heavy atom. The summed E-state index contributed by atoms with van der Waals surface area (Å²) in [4.78, 5) is 0. The van der Waals surface area contributed by atoms with E-state index in [0.29, 0.717) is 0 Å². The summed E-state index contributed by atoms with van der Waals surface area (Å²) < 4.78 is 0. The molecule has 100 valence electrons. The van der Waals surface area contributed by atoms with Crippen LogP contribution >= 0.6 is 24.4 Å². The molecule has 1 rings (SSSR count). The summed E-state index contributed by atoms with van der Waals surface area (Å²) in [6.07, 6.45) is 0. The number of aliphatic hydroxyl groups excluding tert-OH is 2. The zero-order valence-electron chi connectivity index (χ0n) is 8.25. The molecule has 0 bridgehead atoms. The Morgan fingerprint density at radius 2 is 1.18 bits per heavy atom. The second kappa shape index (κ2) is 17.0. The predicted molar refractivity (Wildman–Crippen MR) is 83.5 cm³/mol. The van der Waals surface area contributed by atoms with E-state index in [-0.39, 0.29) is 14.9 Å².